The van der Waals surface area contributed by atoms with E-state index in [9.17, 15) is 0 Å². The summed E-state index contributed by atoms with van der Waals surface area (Å²) >= 11 is 0. The van der Waals surface area contributed by atoms with E-state index in [1.165, 1.54) is 5.56 Å². The lowest BCUT2D eigenvalue weighted by Crippen LogP contribution is -2.38. The molecule has 0 saturated carbocycles. The zero-order chi connectivity index (χ0) is 16.3. The average molecular weight is 440 g/mol. The zero-order valence-electron chi connectivity index (χ0n) is 14.2. The molecule has 0 unspecified atom stereocenters. The first kappa shape index (κ1) is 20.2. The summed E-state index contributed by atoms with van der Waals surface area (Å²) < 4.78 is 5.06. The number of pyridine rings is 1. The molecule has 0 amide bonds. The van der Waals surface area contributed by atoms with Crippen LogP contribution < -0.4 is 15.4 Å². The summed E-state index contributed by atoms with van der Waals surface area (Å²) in [4.78, 5) is 8.77. The summed E-state index contributed by atoms with van der Waals surface area (Å²) in [5, 5.41) is 6.61. The number of benzene rings is 1. The maximum atomic E-state index is 5.06. The molecule has 0 aliphatic rings. The number of hydrogen-bond donors (Lipinski definition) is 2. The Bertz CT molecular complexity index is 602. The van der Waals surface area contributed by atoms with Crippen molar-refractivity contribution in [2.24, 2.45) is 4.99 Å². The molecule has 1 aromatic carbocycles. The van der Waals surface area contributed by atoms with E-state index in [4.69, 9.17) is 4.74 Å². The second-order valence-electron chi connectivity index (χ2n) is 5.07. The van der Waals surface area contributed by atoms with E-state index in [1.807, 2.05) is 18.2 Å². The number of hydrogen-bond acceptors (Lipinski definition) is 3. The fourth-order valence-corrected chi connectivity index (χ4v) is 2.11. The van der Waals surface area contributed by atoms with Gasteiger partial charge in [-0.2, -0.15) is 0 Å². The van der Waals surface area contributed by atoms with E-state index in [0.717, 1.165) is 31.0 Å². The van der Waals surface area contributed by atoms with Crippen molar-refractivity contribution < 1.29 is 4.74 Å². The van der Waals surface area contributed by atoms with E-state index in [0.29, 0.717) is 12.4 Å². The van der Waals surface area contributed by atoms with Gasteiger partial charge in [0.2, 0.25) is 5.88 Å². The van der Waals surface area contributed by atoms with E-state index in [2.05, 4.69) is 51.8 Å². The lowest BCUT2D eigenvalue weighted by Gasteiger charge is -2.11. The highest BCUT2D eigenvalue weighted by Gasteiger charge is 1.99. The predicted octanol–water partition coefficient (Wildman–Crippen LogP) is 3.01. The normalized spacial score (nSPS) is 10.7. The summed E-state index contributed by atoms with van der Waals surface area (Å²) in [6, 6.07) is 14.2. The molecule has 0 aliphatic carbocycles. The third-order valence-electron chi connectivity index (χ3n) is 3.32. The predicted molar refractivity (Wildman–Crippen MR) is 109 cm³/mol. The van der Waals surface area contributed by atoms with Gasteiger partial charge in [0.05, 0.1) is 13.7 Å². The quantitative estimate of drug-likeness (QED) is 0.395. The van der Waals surface area contributed by atoms with Gasteiger partial charge < -0.3 is 15.4 Å². The molecule has 2 rings (SSSR count). The molecular weight excluding hydrogens is 415 g/mol. The highest BCUT2D eigenvalue weighted by Crippen LogP contribution is 2.07. The molecule has 130 valence electrons. The molecule has 0 atom stereocenters. The topological polar surface area (TPSA) is 58.5 Å². The molecule has 2 N–H and O–H groups in total. The van der Waals surface area contributed by atoms with E-state index >= 15 is 0 Å². The van der Waals surface area contributed by atoms with Gasteiger partial charge in [0.15, 0.2) is 5.96 Å². The molecule has 0 spiro atoms. The smallest absolute Gasteiger partial charge is 0.212 e. The molecule has 5 nitrogen and oxygen atoms in total. The van der Waals surface area contributed by atoms with E-state index in [-0.39, 0.29) is 24.0 Å². The SMILES string of the molecule is CCNC(=NCc1ccc(OC)nc1)NCCc1ccccc1.I. The Morgan fingerprint density at radius 3 is 2.50 bits per heavy atom. The maximum Gasteiger partial charge on any atom is 0.212 e. The number of rotatable bonds is 7. The summed E-state index contributed by atoms with van der Waals surface area (Å²) in [5.41, 5.74) is 2.36. The third-order valence-corrected chi connectivity index (χ3v) is 3.32. The van der Waals surface area contributed by atoms with Crippen molar-refractivity contribution in [3.8, 4) is 5.88 Å². The van der Waals surface area contributed by atoms with Crippen LogP contribution in [0.1, 0.15) is 18.1 Å². The van der Waals surface area contributed by atoms with Crippen LogP contribution in [0.5, 0.6) is 5.88 Å². The van der Waals surface area contributed by atoms with Gasteiger partial charge in [0, 0.05) is 25.4 Å². The molecule has 2 aromatic rings. The number of nitrogens with zero attached hydrogens (tertiary/aromatic N) is 2. The van der Waals surface area contributed by atoms with E-state index < -0.39 is 0 Å². The first-order chi connectivity index (χ1) is 11.3. The Morgan fingerprint density at radius 2 is 1.88 bits per heavy atom. The molecule has 0 bridgehead atoms. The number of nitrogens with one attached hydrogen (secondary N) is 2. The summed E-state index contributed by atoms with van der Waals surface area (Å²) in [6.45, 7) is 4.32. The highest BCUT2D eigenvalue weighted by molar-refractivity contribution is 14.0. The second kappa shape index (κ2) is 11.7. The highest BCUT2D eigenvalue weighted by atomic mass is 127. The van der Waals surface area contributed by atoms with Crippen molar-refractivity contribution >= 4 is 29.9 Å². The van der Waals surface area contributed by atoms with Crippen molar-refractivity contribution in [3.63, 3.8) is 0 Å². The summed E-state index contributed by atoms with van der Waals surface area (Å²) in [7, 11) is 1.61. The minimum atomic E-state index is 0. The maximum absolute atomic E-state index is 5.06. The van der Waals surface area contributed by atoms with Gasteiger partial charge in [-0.05, 0) is 24.5 Å². The van der Waals surface area contributed by atoms with Gasteiger partial charge in [0.25, 0.3) is 0 Å². The summed E-state index contributed by atoms with van der Waals surface area (Å²) in [6.07, 6.45) is 2.76. The Morgan fingerprint density at radius 1 is 1.08 bits per heavy atom. The molecular formula is C18H25IN4O. The molecule has 0 radical (unpaired) electrons. The lowest BCUT2D eigenvalue weighted by atomic mass is 10.1. The number of halogens is 1. The first-order valence-electron chi connectivity index (χ1n) is 7.87. The first-order valence-corrected chi connectivity index (χ1v) is 7.87. The van der Waals surface area contributed by atoms with Gasteiger partial charge in [-0.3, -0.25) is 0 Å². The van der Waals surface area contributed by atoms with Crippen LogP contribution in [-0.4, -0.2) is 31.1 Å². The second-order valence-corrected chi connectivity index (χ2v) is 5.07. The zero-order valence-corrected chi connectivity index (χ0v) is 16.5. The van der Waals surface area contributed by atoms with Crippen LogP contribution in [0.2, 0.25) is 0 Å². The molecule has 1 aromatic heterocycles. The largest absolute Gasteiger partial charge is 0.481 e. The van der Waals surface area contributed by atoms with Crippen molar-refractivity contribution in [1.82, 2.24) is 15.6 Å². The number of ether oxygens (including phenoxy) is 1. The third kappa shape index (κ3) is 7.16. The Kier molecular flexibility index (Phi) is 9.83. The molecule has 24 heavy (non-hydrogen) atoms. The van der Waals surface area contributed by atoms with Crippen LogP contribution in [0.25, 0.3) is 0 Å². The van der Waals surface area contributed by atoms with Crippen molar-refractivity contribution in [2.75, 3.05) is 20.2 Å². The van der Waals surface area contributed by atoms with Gasteiger partial charge in [-0.1, -0.05) is 36.4 Å². The fourth-order valence-electron chi connectivity index (χ4n) is 2.11. The number of methoxy groups -OCH3 is 1. The van der Waals surface area contributed by atoms with Gasteiger partial charge >= 0.3 is 0 Å². The van der Waals surface area contributed by atoms with Gasteiger partial charge in [0.1, 0.15) is 0 Å². The van der Waals surface area contributed by atoms with Crippen LogP contribution in [0.15, 0.2) is 53.7 Å². The van der Waals surface area contributed by atoms with Crippen LogP contribution in [0.3, 0.4) is 0 Å². The molecule has 0 saturated heterocycles. The molecule has 0 fully saturated rings. The average Bonchev–Trinajstić information content (AvgIpc) is 2.61. The number of aliphatic imine (C=N–C) groups is 1. The van der Waals surface area contributed by atoms with Crippen molar-refractivity contribution in [3.05, 3.63) is 59.8 Å². The van der Waals surface area contributed by atoms with Crippen LogP contribution >= 0.6 is 24.0 Å². The van der Waals surface area contributed by atoms with Crippen molar-refractivity contribution in [2.45, 2.75) is 19.9 Å². The molecule has 6 heteroatoms. The van der Waals surface area contributed by atoms with Crippen molar-refractivity contribution in [1.29, 1.82) is 0 Å². The van der Waals surface area contributed by atoms with Crippen LogP contribution in [-0.2, 0) is 13.0 Å². The minimum Gasteiger partial charge on any atom is -0.481 e. The molecule has 0 aliphatic heterocycles. The Labute approximate surface area is 161 Å². The lowest BCUT2D eigenvalue weighted by molar-refractivity contribution is 0.397. The monoisotopic (exact) mass is 440 g/mol. The standard InChI is InChI=1S/C18H24N4O.HI/c1-3-19-18(20-12-11-15-7-5-4-6-8-15)22-14-16-9-10-17(23-2)21-13-16;/h4-10,13H,3,11-12,14H2,1-2H3,(H2,19,20,22);1H. The number of aromatic nitrogens is 1. The van der Waals surface area contributed by atoms with Gasteiger partial charge in [-0.25, -0.2) is 9.98 Å². The summed E-state index contributed by atoms with van der Waals surface area (Å²) in [5.74, 6) is 1.44. The number of guanidine groups is 1. The van der Waals surface area contributed by atoms with Crippen LogP contribution in [0, 0.1) is 0 Å². The van der Waals surface area contributed by atoms with E-state index in [1.54, 1.807) is 13.3 Å². The van der Waals surface area contributed by atoms with Gasteiger partial charge in [-0.15, -0.1) is 24.0 Å². The molecule has 1 heterocycles. The van der Waals surface area contributed by atoms with Crippen LogP contribution in [0.4, 0.5) is 0 Å². The Hall–Kier alpha value is -1.83. The fraction of sp³-hybridized carbons (Fsp3) is 0.333. The minimum absolute atomic E-state index is 0. The Balaban J connectivity index is 0.00000288.